The molecule has 0 aliphatic carbocycles. The number of fused-ring (bicyclic) bond motifs is 2. The third-order valence-corrected chi connectivity index (χ3v) is 6.94. The first kappa shape index (κ1) is 18.3. The molecule has 2 aromatic carbocycles. The summed E-state index contributed by atoms with van der Waals surface area (Å²) in [5.41, 5.74) is 2.69. The summed E-state index contributed by atoms with van der Waals surface area (Å²) in [6, 6.07) is 11.2. The van der Waals surface area contributed by atoms with E-state index in [1.807, 2.05) is 31.2 Å². The molecule has 9 heteroatoms. The van der Waals surface area contributed by atoms with Crippen molar-refractivity contribution in [2.75, 3.05) is 11.1 Å². The van der Waals surface area contributed by atoms with Crippen LogP contribution in [0.25, 0.3) is 15.3 Å². The average molecular weight is 428 g/mol. The second-order valence-electron chi connectivity index (χ2n) is 6.67. The molecule has 5 rings (SSSR count). The quantitative estimate of drug-likeness (QED) is 0.496. The summed E-state index contributed by atoms with van der Waals surface area (Å²) >= 11 is 2.78. The molecule has 4 aromatic rings. The molecule has 146 valence electrons. The predicted octanol–water partition coefficient (Wildman–Crippen LogP) is 4.84. The van der Waals surface area contributed by atoms with Gasteiger partial charge in [0.15, 0.2) is 0 Å². The topological polar surface area (TPSA) is 59.8 Å². The van der Waals surface area contributed by atoms with E-state index in [0.717, 1.165) is 21.8 Å². The molecule has 0 fully saturated rings. The predicted molar refractivity (Wildman–Crippen MR) is 111 cm³/mol. The van der Waals surface area contributed by atoms with Gasteiger partial charge < -0.3 is 5.32 Å². The van der Waals surface area contributed by atoms with Gasteiger partial charge >= 0.3 is 0 Å². The number of nitrogens with one attached hydrogen (secondary N) is 1. The Hall–Kier alpha value is -2.78. The molecule has 1 N–H and O–H groups in total. The minimum atomic E-state index is -0.651. The summed E-state index contributed by atoms with van der Waals surface area (Å²) in [4.78, 5) is 17.0. The van der Waals surface area contributed by atoms with E-state index in [-0.39, 0.29) is 11.7 Å². The van der Waals surface area contributed by atoms with E-state index in [1.54, 1.807) is 4.68 Å². The van der Waals surface area contributed by atoms with Crippen molar-refractivity contribution >= 4 is 45.0 Å². The van der Waals surface area contributed by atoms with Crippen LogP contribution in [0.1, 0.15) is 22.1 Å². The van der Waals surface area contributed by atoms with Crippen LogP contribution in [0.2, 0.25) is 0 Å². The molecule has 1 aliphatic rings. The summed E-state index contributed by atoms with van der Waals surface area (Å²) in [5, 5.41) is 7.69. The number of carbonyl (C=O) groups is 1. The van der Waals surface area contributed by atoms with Crippen LogP contribution in [0.3, 0.4) is 0 Å². The van der Waals surface area contributed by atoms with E-state index >= 15 is 0 Å². The summed E-state index contributed by atoms with van der Waals surface area (Å²) in [6.45, 7) is 1.82. The zero-order chi connectivity index (χ0) is 20.1. The van der Waals surface area contributed by atoms with Crippen LogP contribution in [0.5, 0.6) is 0 Å². The van der Waals surface area contributed by atoms with Gasteiger partial charge in [0, 0.05) is 11.6 Å². The summed E-state index contributed by atoms with van der Waals surface area (Å²) in [6.07, 6.45) is 0. The molecular weight excluding hydrogens is 414 g/mol. The summed E-state index contributed by atoms with van der Waals surface area (Å²) < 4.78 is 30.3. The van der Waals surface area contributed by atoms with Crippen molar-refractivity contribution in [2.45, 2.75) is 12.2 Å². The van der Waals surface area contributed by atoms with E-state index in [4.69, 9.17) is 0 Å². The second-order valence-corrected chi connectivity index (χ2v) is 8.77. The number of rotatable bonds is 2. The first-order valence-corrected chi connectivity index (χ1v) is 10.7. The fraction of sp³-hybridized carbons (Fsp3) is 0.150. The number of aromatic nitrogens is 3. The van der Waals surface area contributed by atoms with Gasteiger partial charge in [-0.1, -0.05) is 23.5 Å². The minimum Gasteiger partial charge on any atom is -0.310 e. The normalized spacial score (nSPS) is 16.5. The van der Waals surface area contributed by atoms with E-state index in [2.05, 4.69) is 15.4 Å². The Kier molecular flexibility index (Phi) is 4.36. The van der Waals surface area contributed by atoms with Gasteiger partial charge in [-0.05, 0) is 36.8 Å². The third kappa shape index (κ3) is 3.20. The number of thioether (sulfide) groups is 1. The lowest BCUT2D eigenvalue weighted by molar-refractivity contribution is -0.113. The van der Waals surface area contributed by atoms with Crippen molar-refractivity contribution in [2.24, 2.45) is 0 Å². The maximum absolute atomic E-state index is 13.9. The average Bonchev–Trinajstić information content (AvgIpc) is 3.17. The highest BCUT2D eigenvalue weighted by Gasteiger charge is 2.31. The van der Waals surface area contributed by atoms with E-state index in [1.165, 1.54) is 35.2 Å². The van der Waals surface area contributed by atoms with Crippen LogP contribution in [-0.4, -0.2) is 26.4 Å². The standard InChI is InChI=1S/C20H14F2N4OS2/c1-10-17-18(11-6-12(21)8-13(22)7-11)28-9-16(27)24-19(17)26(25-10)20-23-14-4-2-3-5-15(14)29-20/h2-8,18H,9H2,1H3,(H,24,27). The zero-order valence-electron chi connectivity index (χ0n) is 15.1. The second kappa shape index (κ2) is 6.93. The van der Waals surface area contributed by atoms with E-state index in [0.29, 0.717) is 22.2 Å². The van der Waals surface area contributed by atoms with E-state index in [9.17, 15) is 13.6 Å². The number of benzene rings is 2. The van der Waals surface area contributed by atoms with Gasteiger partial charge in [0.2, 0.25) is 11.0 Å². The Morgan fingerprint density at radius 1 is 1.17 bits per heavy atom. The van der Waals surface area contributed by atoms with Gasteiger partial charge in [-0.15, -0.1) is 11.8 Å². The number of hydrogen-bond acceptors (Lipinski definition) is 5. The number of anilines is 1. The highest BCUT2D eigenvalue weighted by molar-refractivity contribution is 8.00. The fourth-order valence-electron chi connectivity index (χ4n) is 3.46. The number of halogens is 2. The number of para-hydroxylation sites is 1. The number of thiazole rings is 1. The molecule has 0 radical (unpaired) electrons. The van der Waals surface area contributed by atoms with E-state index < -0.39 is 16.9 Å². The number of hydrogen-bond donors (Lipinski definition) is 1. The summed E-state index contributed by atoms with van der Waals surface area (Å²) in [7, 11) is 0. The van der Waals surface area contributed by atoms with Gasteiger partial charge in [-0.3, -0.25) is 4.79 Å². The van der Waals surface area contributed by atoms with Crippen molar-refractivity contribution in [3.63, 3.8) is 0 Å². The first-order chi connectivity index (χ1) is 14.0. The number of carbonyl (C=O) groups excluding carboxylic acids is 1. The third-order valence-electron chi connectivity index (χ3n) is 4.66. The molecule has 2 aromatic heterocycles. The molecular formula is C20H14F2N4OS2. The van der Waals surface area contributed by atoms with Crippen LogP contribution in [0.15, 0.2) is 42.5 Å². The lowest BCUT2D eigenvalue weighted by Crippen LogP contribution is -2.15. The monoisotopic (exact) mass is 428 g/mol. The number of amides is 1. The Labute approximate surface area is 172 Å². The Morgan fingerprint density at radius 2 is 1.93 bits per heavy atom. The minimum absolute atomic E-state index is 0.163. The first-order valence-electron chi connectivity index (χ1n) is 8.82. The summed E-state index contributed by atoms with van der Waals surface area (Å²) in [5.74, 6) is -0.843. The Bertz CT molecular complexity index is 1210. The van der Waals surface area contributed by atoms with Crippen LogP contribution >= 0.6 is 23.1 Å². The van der Waals surface area contributed by atoms with Gasteiger partial charge in [0.05, 0.1) is 26.9 Å². The molecule has 1 unspecified atom stereocenters. The van der Waals surface area contributed by atoms with Crippen LogP contribution in [0, 0.1) is 18.6 Å². The Balaban J connectivity index is 1.70. The lowest BCUT2D eigenvalue weighted by atomic mass is 10.0. The van der Waals surface area contributed by atoms with Crippen LogP contribution in [0.4, 0.5) is 14.6 Å². The molecule has 3 heterocycles. The number of nitrogens with zero attached hydrogens (tertiary/aromatic N) is 3. The highest BCUT2D eigenvalue weighted by atomic mass is 32.2. The molecule has 0 spiro atoms. The zero-order valence-corrected chi connectivity index (χ0v) is 16.8. The van der Waals surface area contributed by atoms with Gasteiger partial charge in [-0.25, -0.2) is 13.8 Å². The van der Waals surface area contributed by atoms with Crippen molar-refractivity contribution in [1.29, 1.82) is 0 Å². The maximum Gasteiger partial charge on any atom is 0.235 e. The molecule has 1 atom stereocenters. The molecule has 1 aliphatic heterocycles. The lowest BCUT2D eigenvalue weighted by Gasteiger charge is -2.15. The SMILES string of the molecule is Cc1nn(-c2nc3ccccc3s2)c2c1C(c1cc(F)cc(F)c1)SCC(=O)N2. The molecule has 5 nitrogen and oxygen atoms in total. The molecule has 0 saturated carbocycles. The van der Waals surface area contributed by atoms with Crippen LogP contribution in [-0.2, 0) is 4.79 Å². The largest absolute Gasteiger partial charge is 0.310 e. The van der Waals surface area contributed by atoms with Crippen LogP contribution < -0.4 is 5.32 Å². The molecule has 29 heavy (non-hydrogen) atoms. The Morgan fingerprint density at radius 3 is 2.69 bits per heavy atom. The maximum atomic E-state index is 13.9. The van der Waals surface area contributed by atoms with Gasteiger partial charge in [-0.2, -0.15) is 9.78 Å². The van der Waals surface area contributed by atoms with Gasteiger partial charge in [0.25, 0.3) is 0 Å². The molecule has 0 bridgehead atoms. The van der Waals surface area contributed by atoms with Crippen molar-refractivity contribution in [3.8, 4) is 5.13 Å². The van der Waals surface area contributed by atoms with Gasteiger partial charge in [0.1, 0.15) is 17.5 Å². The van der Waals surface area contributed by atoms with Crippen molar-refractivity contribution < 1.29 is 13.6 Å². The van der Waals surface area contributed by atoms with Crippen molar-refractivity contribution in [1.82, 2.24) is 14.8 Å². The fourth-order valence-corrected chi connectivity index (χ4v) is 5.55. The molecule has 1 amide bonds. The smallest absolute Gasteiger partial charge is 0.235 e. The highest BCUT2D eigenvalue weighted by Crippen LogP contribution is 2.44. The molecule has 0 saturated heterocycles. The number of aryl methyl sites for hydroxylation is 1. The van der Waals surface area contributed by atoms with Crippen molar-refractivity contribution in [3.05, 3.63) is 70.9 Å².